The van der Waals surface area contributed by atoms with Crippen molar-refractivity contribution >= 4 is 11.8 Å². The average Bonchev–Trinajstić information content (AvgIpc) is 2.98. The lowest BCUT2D eigenvalue weighted by molar-refractivity contribution is -0.121. The van der Waals surface area contributed by atoms with Gasteiger partial charge in [0.15, 0.2) is 0 Å². The van der Waals surface area contributed by atoms with Crippen LogP contribution in [-0.4, -0.2) is 30.6 Å². The molecule has 46 heavy (non-hydrogen) atoms. The van der Waals surface area contributed by atoms with Gasteiger partial charge in [-0.25, -0.2) is 0 Å². The maximum atomic E-state index is 11.8. The zero-order valence-electron chi connectivity index (χ0n) is 31.1. The first-order valence-electron chi connectivity index (χ1n) is 18.8. The maximum absolute atomic E-state index is 11.8. The molecule has 0 unspecified atom stereocenters. The number of primary amides is 1. The van der Waals surface area contributed by atoms with Crippen LogP contribution in [0.2, 0.25) is 0 Å². The van der Waals surface area contributed by atoms with Gasteiger partial charge in [-0.3, -0.25) is 9.59 Å². The molecule has 264 valence electrons. The van der Waals surface area contributed by atoms with Gasteiger partial charge in [0.25, 0.3) is 0 Å². The lowest BCUT2D eigenvalue weighted by Gasteiger charge is -2.38. The third-order valence-electron chi connectivity index (χ3n) is 10.3. The zero-order valence-corrected chi connectivity index (χ0v) is 31.1. The summed E-state index contributed by atoms with van der Waals surface area (Å²) >= 11 is 0. The molecule has 6 heteroatoms. The lowest BCUT2D eigenvalue weighted by Crippen LogP contribution is -2.37. The Kier molecular flexibility index (Phi) is 18.1. The van der Waals surface area contributed by atoms with E-state index in [4.69, 9.17) is 15.2 Å². The fourth-order valence-electron chi connectivity index (χ4n) is 6.97. The van der Waals surface area contributed by atoms with Crippen molar-refractivity contribution < 1.29 is 19.1 Å². The van der Waals surface area contributed by atoms with Gasteiger partial charge in [0.2, 0.25) is 11.8 Å². The van der Waals surface area contributed by atoms with E-state index >= 15 is 0 Å². The minimum Gasteiger partial charge on any atom is -0.493 e. The van der Waals surface area contributed by atoms with E-state index in [0.717, 1.165) is 74.2 Å². The summed E-state index contributed by atoms with van der Waals surface area (Å²) in [6.07, 6.45) is 19.2. The van der Waals surface area contributed by atoms with E-state index in [-0.39, 0.29) is 23.8 Å². The molecule has 0 fully saturated rings. The summed E-state index contributed by atoms with van der Waals surface area (Å²) in [6.45, 7) is 19.8. The van der Waals surface area contributed by atoms with Crippen LogP contribution < -0.4 is 20.5 Å². The summed E-state index contributed by atoms with van der Waals surface area (Å²) in [4.78, 5) is 22.6. The second-order valence-electron chi connectivity index (χ2n) is 15.4. The van der Waals surface area contributed by atoms with E-state index in [0.29, 0.717) is 26.0 Å². The van der Waals surface area contributed by atoms with Gasteiger partial charge in [-0.2, -0.15) is 0 Å². The lowest BCUT2D eigenvalue weighted by atomic mass is 9.83. The number of fused-ring (bicyclic) bond motifs is 1. The van der Waals surface area contributed by atoms with Crippen LogP contribution in [0, 0.1) is 38.5 Å². The Labute approximate surface area is 282 Å². The summed E-state index contributed by atoms with van der Waals surface area (Å²) in [7, 11) is 0. The van der Waals surface area contributed by atoms with Crippen molar-refractivity contribution in [1.29, 1.82) is 0 Å². The molecule has 3 atom stereocenters. The number of hydrogen-bond acceptors (Lipinski definition) is 4. The SMILES string of the molecule is Cc1c(C)c2c(c(C)c1OCCCCCCNC(=O)CCCC(N)=O)CC[C@@](C)(CCC[C@H](C)CCC[C@H](C)CCCC(C)C)O2. The Bertz CT molecular complexity index is 1070. The number of carbonyl (C=O) groups is 2. The van der Waals surface area contributed by atoms with Gasteiger partial charge in [-0.05, 0) is 107 Å². The highest BCUT2D eigenvalue weighted by Crippen LogP contribution is 2.45. The van der Waals surface area contributed by atoms with Gasteiger partial charge < -0.3 is 20.5 Å². The Hall–Kier alpha value is -2.24. The van der Waals surface area contributed by atoms with Gasteiger partial charge >= 0.3 is 0 Å². The van der Waals surface area contributed by atoms with Crippen molar-refractivity contribution in [3.8, 4) is 11.5 Å². The first kappa shape index (κ1) is 39.9. The second kappa shape index (κ2) is 20.9. The van der Waals surface area contributed by atoms with E-state index in [1.165, 1.54) is 73.6 Å². The predicted octanol–water partition coefficient (Wildman–Crippen LogP) is 9.85. The van der Waals surface area contributed by atoms with Gasteiger partial charge in [-0.1, -0.05) is 85.5 Å². The molecule has 2 rings (SSSR count). The molecule has 3 N–H and O–H groups in total. The second-order valence-corrected chi connectivity index (χ2v) is 15.4. The van der Waals surface area contributed by atoms with E-state index in [1.54, 1.807) is 0 Å². The Morgan fingerprint density at radius 2 is 1.43 bits per heavy atom. The first-order valence-corrected chi connectivity index (χ1v) is 18.8. The van der Waals surface area contributed by atoms with Crippen LogP contribution in [0.4, 0.5) is 0 Å². The van der Waals surface area contributed by atoms with Crippen LogP contribution in [0.15, 0.2) is 0 Å². The Morgan fingerprint density at radius 3 is 2.09 bits per heavy atom. The number of hydrogen-bond donors (Lipinski definition) is 2. The van der Waals surface area contributed by atoms with Gasteiger partial charge in [0.1, 0.15) is 17.1 Å². The highest BCUT2D eigenvalue weighted by atomic mass is 16.5. The number of amides is 2. The van der Waals surface area contributed by atoms with E-state index in [1.807, 2.05) is 0 Å². The van der Waals surface area contributed by atoms with E-state index < -0.39 is 0 Å². The number of unbranched alkanes of at least 4 members (excludes halogenated alkanes) is 3. The van der Waals surface area contributed by atoms with Gasteiger partial charge in [0.05, 0.1) is 6.61 Å². The molecule has 1 heterocycles. The molecule has 0 radical (unpaired) electrons. The third kappa shape index (κ3) is 14.7. The largest absolute Gasteiger partial charge is 0.493 e. The van der Waals surface area contributed by atoms with Crippen molar-refractivity contribution in [2.24, 2.45) is 23.5 Å². The molecule has 0 aliphatic carbocycles. The molecular formula is C40H70N2O4. The standard InChI is InChI=1S/C40H70N2O4/c1-29(2)17-13-18-30(3)19-14-20-31(4)21-16-25-40(8)26-24-35-34(7)38(32(5)33(6)39(35)46-40)45-28-12-10-9-11-27-42-37(44)23-15-22-36(41)43/h29-31H,9-28H2,1-8H3,(H2,41,43)(H,42,44)/t30-,31-,40-/m1/s1. The summed E-state index contributed by atoms with van der Waals surface area (Å²) in [5, 5.41) is 2.93. The van der Waals surface area contributed by atoms with Gasteiger partial charge in [-0.15, -0.1) is 0 Å². The van der Waals surface area contributed by atoms with Crippen molar-refractivity contribution in [1.82, 2.24) is 5.32 Å². The molecule has 0 saturated heterocycles. The third-order valence-corrected chi connectivity index (χ3v) is 10.3. The summed E-state index contributed by atoms with van der Waals surface area (Å²) in [5.74, 6) is 4.27. The van der Waals surface area contributed by atoms with Crippen molar-refractivity contribution in [3.05, 3.63) is 22.3 Å². The van der Waals surface area contributed by atoms with Crippen LogP contribution in [0.3, 0.4) is 0 Å². The molecule has 1 aromatic rings. The Morgan fingerprint density at radius 1 is 0.804 bits per heavy atom. The van der Waals surface area contributed by atoms with Gasteiger partial charge in [0, 0.05) is 24.9 Å². The molecule has 1 aliphatic rings. The molecule has 0 bridgehead atoms. The number of nitrogens with two attached hydrogens (primary N) is 1. The minimum absolute atomic E-state index is 0.00390. The van der Waals surface area contributed by atoms with E-state index in [2.05, 4.69) is 60.7 Å². The normalized spacial score (nSPS) is 17.3. The molecule has 1 aromatic carbocycles. The monoisotopic (exact) mass is 643 g/mol. The smallest absolute Gasteiger partial charge is 0.220 e. The van der Waals surface area contributed by atoms with Crippen LogP contribution in [-0.2, 0) is 16.0 Å². The highest BCUT2D eigenvalue weighted by molar-refractivity contribution is 5.77. The molecule has 2 amide bonds. The fraction of sp³-hybridized carbons (Fsp3) is 0.800. The van der Waals surface area contributed by atoms with Crippen LogP contribution in [0.25, 0.3) is 0 Å². The fourth-order valence-corrected chi connectivity index (χ4v) is 6.97. The molecule has 6 nitrogen and oxygen atoms in total. The number of carbonyl (C=O) groups excluding carboxylic acids is 2. The molecule has 1 aliphatic heterocycles. The van der Waals surface area contributed by atoms with Crippen molar-refractivity contribution in [3.63, 3.8) is 0 Å². The van der Waals surface area contributed by atoms with E-state index in [9.17, 15) is 9.59 Å². The first-order chi connectivity index (χ1) is 21.8. The average molecular weight is 643 g/mol. The minimum atomic E-state index is -0.355. The number of nitrogens with one attached hydrogen (secondary N) is 1. The Balaban J connectivity index is 1.72. The number of rotatable bonds is 24. The zero-order chi connectivity index (χ0) is 34.1. The molecule has 0 aromatic heterocycles. The number of ether oxygens (including phenoxy) is 2. The summed E-state index contributed by atoms with van der Waals surface area (Å²) in [5.41, 5.74) is 10.0. The van der Waals surface area contributed by atoms with Crippen LogP contribution >= 0.6 is 0 Å². The molecular weight excluding hydrogens is 572 g/mol. The quantitative estimate of drug-likeness (QED) is 0.110. The predicted molar refractivity (Wildman–Crippen MR) is 193 cm³/mol. The number of benzene rings is 1. The highest BCUT2D eigenvalue weighted by Gasteiger charge is 2.34. The van der Waals surface area contributed by atoms with Crippen LogP contribution in [0.1, 0.15) is 166 Å². The summed E-state index contributed by atoms with van der Waals surface area (Å²) < 4.78 is 13.2. The summed E-state index contributed by atoms with van der Waals surface area (Å²) in [6, 6.07) is 0. The van der Waals surface area contributed by atoms with Crippen LogP contribution in [0.5, 0.6) is 11.5 Å². The van der Waals surface area contributed by atoms with Crippen molar-refractivity contribution in [2.75, 3.05) is 13.2 Å². The molecule has 0 spiro atoms. The molecule has 0 saturated carbocycles. The van der Waals surface area contributed by atoms with Crippen molar-refractivity contribution in [2.45, 2.75) is 177 Å². The maximum Gasteiger partial charge on any atom is 0.220 e. The topological polar surface area (TPSA) is 90.6 Å².